The number of carbonyl (C=O) groups is 2. The van der Waals surface area contributed by atoms with Crippen molar-refractivity contribution >= 4 is 11.8 Å². The Hall–Kier alpha value is -3.60. The number of ether oxygens (including phenoxy) is 1. The molecule has 0 spiro atoms. The van der Waals surface area contributed by atoms with Gasteiger partial charge in [-0.05, 0) is 42.2 Å². The summed E-state index contributed by atoms with van der Waals surface area (Å²) in [6, 6.07) is 24.8. The first kappa shape index (κ1) is 25.0. The number of rotatable bonds is 11. The van der Waals surface area contributed by atoms with Crippen LogP contribution in [-0.2, 0) is 29.0 Å². The summed E-state index contributed by atoms with van der Waals surface area (Å²) < 4.78 is 5.38. The molecule has 34 heavy (non-hydrogen) atoms. The van der Waals surface area contributed by atoms with Crippen LogP contribution in [0.25, 0.3) is 0 Å². The fourth-order valence-corrected chi connectivity index (χ4v) is 3.99. The molecule has 0 heterocycles. The average molecular weight is 459 g/mol. The van der Waals surface area contributed by atoms with Crippen LogP contribution >= 0.6 is 0 Å². The number of hydrogen-bond donors (Lipinski definition) is 1. The van der Waals surface area contributed by atoms with E-state index in [9.17, 15) is 9.59 Å². The van der Waals surface area contributed by atoms with Crippen molar-refractivity contribution in [1.29, 1.82) is 0 Å². The van der Waals surface area contributed by atoms with Crippen molar-refractivity contribution in [3.63, 3.8) is 0 Å². The molecule has 0 aliphatic carbocycles. The van der Waals surface area contributed by atoms with E-state index in [0.717, 1.165) is 34.4 Å². The molecule has 5 heteroatoms. The molecule has 1 N–H and O–H groups in total. The Kier molecular flexibility index (Phi) is 9.27. The zero-order valence-corrected chi connectivity index (χ0v) is 20.3. The number of hydrogen-bond acceptors (Lipinski definition) is 3. The summed E-state index contributed by atoms with van der Waals surface area (Å²) in [4.78, 5) is 28.8. The third kappa shape index (κ3) is 7.20. The third-order valence-electron chi connectivity index (χ3n) is 5.75. The lowest BCUT2D eigenvalue weighted by Gasteiger charge is -2.32. The number of aryl methyl sites for hydroxylation is 1. The van der Waals surface area contributed by atoms with Gasteiger partial charge in [-0.15, -0.1) is 0 Å². The highest BCUT2D eigenvalue weighted by molar-refractivity contribution is 5.88. The first-order chi connectivity index (χ1) is 16.5. The maximum Gasteiger partial charge on any atom is 0.243 e. The van der Waals surface area contributed by atoms with Crippen LogP contribution in [0.4, 0.5) is 0 Å². The topological polar surface area (TPSA) is 58.6 Å². The van der Waals surface area contributed by atoms with Crippen LogP contribution in [0.15, 0.2) is 78.9 Å². The molecule has 2 amide bonds. The fourth-order valence-electron chi connectivity index (χ4n) is 3.99. The number of benzene rings is 3. The van der Waals surface area contributed by atoms with E-state index < -0.39 is 6.04 Å². The first-order valence-corrected chi connectivity index (χ1v) is 11.8. The minimum Gasteiger partial charge on any atom is -0.497 e. The van der Waals surface area contributed by atoms with Crippen LogP contribution in [0.1, 0.15) is 35.6 Å². The lowest BCUT2D eigenvalue weighted by atomic mass is 10.0. The van der Waals surface area contributed by atoms with Gasteiger partial charge in [0.15, 0.2) is 0 Å². The third-order valence-corrected chi connectivity index (χ3v) is 5.75. The smallest absolute Gasteiger partial charge is 0.243 e. The molecule has 0 aliphatic heterocycles. The van der Waals surface area contributed by atoms with Gasteiger partial charge in [0.2, 0.25) is 11.8 Å². The molecule has 0 aliphatic rings. The summed E-state index contributed by atoms with van der Waals surface area (Å²) in [5, 5.41) is 3.01. The van der Waals surface area contributed by atoms with Gasteiger partial charge in [0.25, 0.3) is 0 Å². The lowest BCUT2D eigenvalue weighted by molar-refractivity contribution is -0.140. The SMILES string of the molecule is CCCNC(=O)[C@@H](Cc1ccccc1)N(Cc1cccc(OC)c1)C(=O)Cc1cccc(C)c1. The number of nitrogens with zero attached hydrogens (tertiary/aromatic N) is 1. The van der Waals surface area contributed by atoms with Crippen molar-refractivity contribution in [1.82, 2.24) is 10.2 Å². The number of carbonyl (C=O) groups excluding carboxylic acids is 2. The predicted octanol–water partition coefficient (Wildman–Crippen LogP) is 4.71. The second-order valence-electron chi connectivity index (χ2n) is 8.54. The van der Waals surface area contributed by atoms with Crippen molar-refractivity contribution < 1.29 is 14.3 Å². The molecule has 3 aromatic carbocycles. The standard InChI is InChI=1S/C29H34N2O3/c1-4-16-30-29(33)27(19-23-11-6-5-7-12-23)31(21-25-14-9-15-26(18-25)34-3)28(32)20-24-13-8-10-22(2)17-24/h5-15,17-18,27H,4,16,19-21H2,1-3H3,(H,30,33)/t27-/m1/s1. The molecule has 0 bridgehead atoms. The molecule has 0 radical (unpaired) electrons. The summed E-state index contributed by atoms with van der Waals surface area (Å²) in [5.74, 6) is 0.505. The molecule has 0 unspecified atom stereocenters. The average Bonchev–Trinajstić information content (AvgIpc) is 2.85. The van der Waals surface area contributed by atoms with E-state index in [2.05, 4.69) is 5.32 Å². The van der Waals surface area contributed by atoms with Gasteiger partial charge in [0.05, 0.1) is 13.5 Å². The van der Waals surface area contributed by atoms with E-state index in [0.29, 0.717) is 19.5 Å². The zero-order chi connectivity index (χ0) is 24.3. The van der Waals surface area contributed by atoms with E-state index in [1.54, 1.807) is 12.0 Å². The Morgan fingerprint density at radius 3 is 2.32 bits per heavy atom. The Morgan fingerprint density at radius 2 is 1.62 bits per heavy atom. The maximum atomic E-state index is 13.7. The maximum absolute atomic E-state index is 13.7. The van der Waals surface area contributed by atoms with Gasteiger partial charge in [0.1, 0.15) is 11.8 Å². The molecule has 0 aromatic heterocycles. The molecule has 3 aromatic rings. The van der Waals surface area contributed by atoms with Gasteiger partial charge < -0.3 is 15.0 Å². The summed E-state index contributed by atoms with van der Waals surface area (Å²) in [6.07, 6.45) is 1.51. The van der Waals surface area contributed by atoms with E-state index >= 15 is 0 Å². The van der Waals surface area contributed by atoms with Gasteiger partial charge in [-0.3, -0.25) is 9.59 Å². The number of nitrogens with one attached hydrogen (secondary N) is 1. The van der Waals surface area contributed by atoms with Crippen LogP contribution in [-0.4, -0.2) is 36.4 Å². The molecule has 0 saturated carbocycles. The number of methoxy groups -OCH3 is 1. The molecule has 5 nitrogen and oxygen atoms in total. The van der Waals surface area contributed by atoms with Crippen LogP contribution in [0.3, 0.4) is 0 Å². The van der Waals surface area contributed by atoms with Crippen molar-refractivity contribution in [2.45, 2.75) is 45.7 Å². The van der Waals surface area contributed by atoms with E-state index in [1.807, 2.05) is 92.7 Å². The van der Waals surface area contributed by atoms with E-state index in [1.165, 1.54) is 0 Å². The van der Waals surface area contributed by atoms with Crippen LogP contribution in [0.2, 0.25) is 0 Å². The normalized spacial score (nSPS) is 11.5. The Labute approximate surface area is 202 Å². The van der Waals surface area contributed by atoms with Crippen LogP contribution < -0.4 is 10.1 Å². The highest BCUT2D eigenvalue weighted by Crippen LogP contribution is 2.19. The quantitative estimate of drug-likeness (QED) is 0.453. The summed E-state index contributed by atoms with van der Waals surface area (Å²) in [5.41, 5.74) is 3.97. The van der Waals surface area contributed by atoms with Crippen LogP contribution in [0, 0.1) is 6.92 Å². The second kappa shape index (κ2) is 12.6. The second-order valence-corrected chi connectivity index (χ2v) is 8.54. The van der Waals surface area contributed by atoms with Crippen molar-refractivity contribution in [2.75, 3.05) is 13.7 Å². The molecular formula is C29H34N2O3. The summed E-state index contributed by atoms with van der Waals surface area (Å²) >= 11 is 0. The monoisotopic (exact) mass is 458 g/mol. The molecule has 0 saturated heterocycles. The zero-order valence-electron chi connectivity index (χ0n) is 20.3. The van der Waals surface area contributed by atoms with E-state index in [4.69, 9.17) is 4.74 Å². The van der Waals surface area contributed by atoms with Crippen molar-refractivity contribution in [3.05, 3.63) is 101 Å². The minimum absolute atomic E-state index is 0.0824. The van der Waals surface area contributed by atoms with Crippen molar-refractivity contribution in [3.8, 4) is 5.75 Å². The Morgan fingerprint density at radius 1 is 0.912 bits per heavy atom. The van der Waals surface area contributed by atoms with Gasteiger partial charge in [0, 0.05) is 19.5 Å². The van der Waals surface area contributed by atoms with Crippen molar-refractivity contribution in [2.24, 2.45) is 0 Å². The molecule has 178 valence electrons. The first-order valence-electron chi connectivity index (χ1n) is 11.8. The molecule has 0 fully saturated rings. The molecule has 3 rings (SSSR count). The van der Waals surface area contributed by atoms with Crippen LogP contribution in [0.5, 0.6) is 5.75 Å². The van der Waals surface area contributed by atoms with E-state index in [-0.39, 0.29) is 18.2 Å². The number of amides is 2. The lowest BCUT2D eigenvalue weighted by Crippen LogP contribution is -2.51. The highest BCUT2D eigenvalue weighted by atomic mass is 16.5. The summed E-state index contributed by atoms with van der Waals surface area (Å²) in [6.45, 7) is 4.92. The largest absolute Gasteiger partial charge is 0.497 e. The Bertz CT molecular complexity index is 1080. The summed E-state index contributed by atoms with van der Waals surface area (Å²) in [7, 11) is 1.62. The molecule has 1 atom stereocenters. The van der Waals surface area contributed by atoms with Gasteiger partial charge in [-0.1, -0.05) is 79.2 Å². The predicted molar refractivity (Wildman–Crippen MR) is 136 cm³/mol. The highest BCUT2D eigenvalue weighted by Gasteiger charge is 2.30. The molecular weight excluding hydrogens is 424 g/mol. The fraction of sp³-hybridized carbons (Fsp3) is 0.310. The van der Waals surface area contributed by atoms with Gasteiger partial charge >= 0.3 is 0 Å². The van der Waals surface area contributed by atoms with Gasteiger partial charge in [-0.25, -0.2) is 0 Å². The Balaban J connectivity index is 1.96. The van der Waals surface area contributed by atoms with Gasteiger partial charge in [-0.2, -0.15) is 0 Å². The minimum atomic E-state index is -0.627.